The van der Waals surface area contributed by atoms with Gasteiger partial charge in [0.25, 0.3) is 0 Å². The second kappa shape index (κ2) is 12.4. The third-order valence-electron chi connectivity index (χ3n) is 5.17. The molecule has 0 aliphatic carbocycles. The van der Waals surface area contributed by atoms with E-state index in [1.54, 1.807) is 0 Å². The molecule has 0 spiro atoms. The molecular formula is C24H36N2O2. The molecular weight excluding hydrogens is 348 g/mol. The van der Waals surface area contributed by atoms with Crippen LogP contribution in [0.3, 0.4) is 0 Å². The predicted octanol–water partition coefficient (Wildman–Crippen LogP) is 4.79. The maximum Gasteiger partial charge on any atom is 0.127 e. The molecule has 0 atom stereocenters. The lowest BCUT2D eigenvalue weighted by Crippen LogP contribution is -2.28. The topological polar surface area (TPSA) is 24.9 Å². The fourth-order valence-corrected chi connectivity index (χ4v) is 3.23. The van der Waals surface area contributed by atoms with Crippen LogP contribution in [-0.4, -0.2) is 62.3 Å². The zero-order valence-electron chi connectivity index (χ0n) is 18.0. The van der Waals surface area contributed by atoms with Gasteiger partial charge in [0.2, 0.25) is 0 Å². The zero-order chi connectivity index (χ0) is 20.2. The van der Waals surface area contributed by atoms with Gasteiger partial charge in [-0.2, -0.15) is 0 Å². The molecule has 4 nitrogen and oxygen atoms in total. The van der Waals surface area contributed by atoms with Gasteiger partial charge in [0.1, 0.15) is 24.7 Å². The third-order valence-corrected chi connectivity index (χ3v) is 5.17. The van der Waals surface area contributed by atoms with Gasteiger partial charge in [0.15, 0.2) is 0 Å². The number of ether oxygens (including phenoxy) is 2. The first-order chi connectivity index (χ1) is 13.7. The molecule has 4 heteroatoms. The van der Waals surface area contributed by atoms with Crippen molar-refractivity contribution in [3.05, 3.63) is 48.5 Å². The molecule has 2 aromatic rings. The molecule has 0 aliphatic rings. The average Bonchev–Trinajstić information content (AvgIpc) is 2.75. The van der Waals surface area contributed by atoms with E-state index in [9.17, 15) is 0 Å². The van der Waals surface area contributed by atoms with Crippen molar-refractivity contribution in [1.29, 1.82) is 0 Å². The van der Waals surface area contributed by atoms with Crippen molar-refractivity contribution in [3.63, 3.8) is 0 Å². The average molecular weight is 385 g/mol. The number of rotatable bonds is 13. The van der Waals surface area contributed by atoms with Crippen molar-refractivity contribution >= 4 is 0 Å². The molecule has 28 heavy (non-hydrogen) atoms. The maximum absolute atomic E-state index is 6.15. The summed E-state index contributed by atoms with van der Waals surface area (Å²) in [5, 5.41) is 0. The summed E-state index contributed by atoms with van der Waals surface area (Å²) in [5.74, 6) is 1.80. The van der Waals surface area contributed by atoms with Crippen molar-refractivity contribution in [2.45, 2.75) is 27.7 Å². The van der Waals surface area contributed by atoms with Gasteiger partial charge in [-0.1, -0.05) is 58.0 Å². The highest BCUT2D eigenvalue weighted by Crippen LogP contribution is 2.33. The first-order valence-electron chi connectivity index (χ1n) is 10.6. The minimum absolute atomic E-state index is 0.684. The summed E-state index contributed by atoms with van der Waals surface area (Å²) in [6, 6.07) is 16.5. The highest BCUT2D eigenvalue weighted by molar-refractivity contribution is 5.72. The van der Waals surface area contributed by atoms with Gasteiger partial charge in [0.05, 0.1) is 0 Å². The summed E-state index contributed by atoms with van der Waals surface area (Å²) < 4.78 is 12.2. The Morgan fingerprint density at radius 2 is 1.25 bits per heavy atom. The highest BCUT2D eigenvalue weighted by Gasteiger charge is 2.10. The minimum Gasteiger partial charge on any atom is -0.492 e. The lowest BCUT2D eigenvalue weighted by Gasteiger charge is -2.20. The molecule has 154 valence electrons. The Bertz CT molecular complexity index is 668. The molecule has 0 amide bonds. The molecule has 0 saturated heterocycles. The van der Waals surface area contributed by atoms with Crippen LogP contribution in [0.15, 0.2) is 48.5 Å². The van der Waals surface area contributed by atoms with E-state index < -0.39 is 0 Å². The lowest BCUT2D eigenvalue weighted by molar-refractivity contribution is 0.219. The smallest absolute Gasteiger partial charge is 0.127 e. The van der Waals surface area contributed by atoms with E-state index in [1.807, 2.05) is 18.2 Å². The lowest BCUT2D eigenvalue weighted by atomic mass is 10.0. The maximum atomic E-state index is 6.15. The molecule has 0 saturated carbocycles. The molecule has 2 aromatic carbocycles. The molecule has 0 heterocycles. The van der Waals surface area contributed by atoms with Gasteiger partial charge in [-0.25, -0.2) is 0 Å². The van der Waals surface area contributed by atoms with Crippen LogP contribution in [0, 0.1) is 0 Å². The van der Waals surface area contributed by atoms with Crippen LogP contribution in [0.2, 0.25) is 0 Å². The van der Waals surface area contributed by atoms with Crippen LogP contribution < -0.4 is 9.47 Å². The van der Waals surface area contributed by atoms with Crippen LogP contribution >= 0.6 is 0 Å². The SMILES string of the molecule is CCN(CC)CCOc1ccc(OCCN(CC)CC)c(-c2ccccc2)c1. The van der Waals surface area contributed by atoms with E-state index in [2.05, 4.69) is 67.8 Å². The van der Waals surface area contributed by atoms with E-state index in [4.69, 9.17) is 9.47 Å². The van der Waals surface area contributed by atoms with Crippen LogP contribution in [0.5, 0.6) is 11.5 Å². The first-order valence-corrected chi connectivity index (χ1v) is 10.6. The molecule has 0 bridgehead atoms. The summed E-state index contributed by atoms with van der Waals surface area (Å²) >= 11 is 0. The fraction of sp³-hybridized carbons (Fsp3) is 0.500. The van der Waals surface area contributed by atoms with Gasteiger partial charge in [0, 0.05) is 18.7 Å². The number of nitrogens with zero attached hydrogens (tertiary/aromatic N) is 2. The number of likely N-dealkylation sites (N-methyl/N-ethyl adjacent to an activating group) is 2. The Morgan fingerprint density at radius 1 is 0.679 bits per heavy atom. The van der Waals surface area contributed by atoms with Crippen molar-refractivity contribution in [1.82, 2.24) is 9.80 Å². The van der Waals surface area contributed by atoms with Gasteiger partial charge >= 0.3 is 0 Å². The normalized spacial score (nSPS) is 11.2. The van der Waals surface area contributed by atoms with Crippen LogP contribution in [0.25, 0.3) is 11.1 Å². The summed E-state index contributed by atoms with van der Waals surface area (Å²) in [4.78, 5) is 4.73. The zero-order valence-corrected chi connectivity index (χ0v) is 18.0. The largest absolute Gasteiger partial charge is 0.492 e. The van der Waals surface area contributed by atoms with Crippen molar-refractivity contribution in [2.24, 2.45) is 0 Å². The van der Waals surface area contributed by atoms with E-state index in [1.165, 1.54) is 0 Å². The summed E-state index contributed by atoms with van der Waals surface area (Å²) in [6.07, 6.45) is 0. The Morgan fingerprint density at radius 3 is 1.82 bits per heavy atom. The highest BCUT2D eigenvalue weighted by atomic mass is 16.5. The Kier molecular flexibility index (Phi) is 9.87. The predicted molar refractivity (Wildman–Crippen MR) is 118 cm³/mol. The van der Waals surface area contributed by atoms with Gasteiger partial charge in [-0.15, -0.1) is 0 Å². The standard InChI is InChI=1S/C24H36N2O2/c1-5-25(6-2)16-18-27-22-14-15-24(28-19-17-26(7-3)8-4)23(20-22)21-12-10-9-11-13-21/h9-15,20H,5-8,16-19H2,1-4H3. The Labute approximate surface area is 171 Å². The molecule has 0 N–H and O–H groups in total. The van der Waals surface area contributed by atoms with E-state index >= 15 is 0 Å². The molecule has 0 aromatic heterocycles. The van der Waals surface area contributed by atoms with Crippen molar-refractivity contribution < 1.29 is 9.47 Å². The molecule has 2 rings (SSSR count). The fourth-order valence-electron chi connectivity index (χ4n) is 3.23. The number of hydrogen-bond acceptors (Lipinski definition) is 4. The van der Waals surface area contributed by atoms with Gasteiger partial charge in [-0.3, -0.25) is 0 Å². The van der Waals surface area contributed by atoms with E-state index in [-0.39, 0.29) is 0 Å². The van der Waals surface area contributed by atoms with Crippen molar-refractivity contribution in [3.8, 4) is 22.6 Å². The third kappa shape index (κ3) is 6.84. The summed E-state index contributed by atoms with van der Waals surface area (Å²) in [5.41, 5.74) is 2.23. The van der Waals surface area contributed by atoms with Gasteiger partial charge < -0.3 is 19.3 Å². The Balaban J connectivity index is 2.09. The Hall–Kier alpha value is -2.04. The van der Waals surface area contributed by atoms with Crippen molar-refractivity contribution in [2.75, 3.05) is 52.5 Å². The van der Waals surface area contributed by atoms with Gasteiger partial charge in [-0.05, 0) is 49.9 Å². The molecule has 0 radical (unpaired) electrons. The minimum atomic E-state index is 0.684. The van der Waals surface area contributed by atoms with E-state index in [0.29, 0.717) is 13.2 Å². The molecule has 0 aliphatic heterocycles. The van der Waals surface area contributed by atoms with E-state index in [0.717, 1.165) is 61.9 Å². The quantitative estimate of drug-likeness (QED) is 0.495. The molecule has 0 fully saturated rings. The van der Waals surface area contributed by atoms with Crippen LogP contribution in [0.4, 0.5) is 0 Å². The second-order valence-corrected chi connectivity index (χ2v) is 6.77. The second-order valence-electron chi connectivity index (χ2n) is 6.77. The monoisotopic (exact) mass is 384 g/mol. The number of hydrogen-bond donors (Lipinski definition) is 0. The van der Waals surface area contributed by atoms with Crippen LogP contribution in [-0.2, 0) is 0 Å². The molecule has 0 unspecified atom stereocenters. The number of benzene rings is 2. The summed E-state index contributed by atoms with van der Waals surface area (Å²) in [6.45, 7) is 16.2. The van der Waals surface area contributed by atoms with Crippen LogP contribution in [0.1, 0.15) is 27.7 Å². The summed E-state index contributed by atoms with van der Waals surface area (Å²) in [7, 11) is 0. The first kappa shape index (κ1) is 22.3.